The van der Waals surface area contributed by atoms with Crippen molar-refractivity contribution in [1.29, 1.82) is 0 Å². The van der Waals surface area contributed by atoms with E-state index in [1.165, 1.54) is 0 Å². The number of likely N-dealkylation sites (tertiary alicyclic amines) is 1. The van der Waals surface area contributed by atoms with E-state index < -0.39 is 11.0 Å². The quantitative estimate of drug-likeness (QED) is 0.692. The molecule has 1 saturated carbocycles. The standard InChI is InChI=1S/C24H32FN3O3/c1-22(2)15-20(29)31-24(22)8-9-28(16-24)21(30)23(6-7-23)18-5-4-17(14-19(18)25)27-12-10-26(3)11-13-27/h4-5,14H,6-13,15-16H2,1-3H3. The first-order chi connectivity index (χ1) is 14.7. The van der Waals surface area contributed by atoms with Crippen LogP contribution in [-0.2, 0) is 19.7 Å². The van der Waals surface area contributed by atoms with E-state index >= 15 is 4.39 Å². The van der Waals surface area contributed by atoms with Gasteiger partial charge in [-0.3, -0.25) is 9.59 Å². The smallest absolute Gasteiger partial charge is 0.307 e. The third kappa shape index (κ3) is 3.23. The summed E-state index contributed by atoms with van der Waals surface area (Å²) in [6.07, 6.45) is 2.37. The Bertz CT molecular complexity index is 921. The fourth-order valence-electron chi connectivity index (χ4n) is 5.68. The number of likely N-dealkylation sites (N-methyl/N-ethyl adjacent to an activating group) is 1. The van der Waals surface area contributed by atoms with Crippen LogP contribution in [-0.4, -0.2) is 73.6 Å². The van der Waals surface area contributed by atoms with E-state index in [4.69, 9.17) is 4.74 Å². The zero-order chi connectivity index (χ0) is 22.0. The van der Waals surface area contributed by atoms with Crippen molar-refractivity contribution in [2.45, 2.75) is 50.5 Å². The van der Waals surface area contributed by atoms with Crippen molar-refractivity contribution in [3.05, 3.63) is 29.6 Å². The number of amides is 1. The highest BCUT2D eigenvalue weighted by atomic mass is 19.1. The van der Waals surface area contributed by atoms with Crippen LogP contribution >= 0.6 is 0 Å². The summed E-state index contributed by atoms with van der Waals surface area (Å²) in [5, 5.41) is 0. The number of esters is 1. The van der Waals surface area contributed by atoms with Crippen LogP contribution in [0.3, 0.4) is 0 Å². The van der Waals surface area contributed by atoms with Gasteiger partial charge in [0.05, 0.1) is 18.4 Å². The van der Waals surface area contributed by atoms with Crippen molar-refractivity contribution >= 4 is 17.6 Å². The van der Waals surface area contributed by atoms with Gasteiger partial charge in [-0.1, -0.05) is 19.9 Å². The number of carbonyl (C=O) groups excluding carboxylic acids is 2. The molecule has 3 aliphatic heterocycles. The number of hydrogen-bond acceptors (Lipinski definition) is 5. The van der Waals surface area contributed by atoms with Crippen LogP contribution in [0, 0.1) is 11.2 Å². The van der Waals surface area contributed by atoms with Crippen molar-refractivity contribution in [1.82, 2.24) is 9.80 Å². The molecule has 1 aromatic rings. The predicted octanol–water partition coefficient (Wildman–Crippen LogP) is 2.55. The fraction of sp³-hybridized carbons (Fsp3) is 0.667. The van der Waals surface area contributed by atoms with Gasteiger partial charge in [-0.15, -0.1) is 0 Å². The first-order valence-electron chi connectivity index (χ1n) is 11.4. The highest BCUT2D eigenvalue weighted by Crippen LogP contribution is 2.54. The second-order valence-corrected chi connectivity index (χ2v) is 10.5. The molecule has 6 nitrogen and oxygen atoms in total. The second-order valence-electron chi connectivity index (χ2n) is 10.5. The van der Waals surface area contributed by atoms with Crippen molar-refractivity contribution in [2.75, 3.05) is 51.2 Å². The van der Waals surface area contributed by atoms with E-state index in [0.717, 1.165) is 31.9 Å². The number of rotatable bonds is 3. The molecule has 5 rings (SSSR count). The Kier molecular flexibility index (Phi) is 4.63. The Hall–Kier alpha value is -2.15. The number of halogens is 1. The Morgan fingerprint density at radius 3 is 2.35 bits per heavy atom. The third-order valence-corrected chi connectivity index (χ3v) is 8.14. The molecule has 0 aromatic heterocycles. The number of hydrogen-bond donors (Lipinski definition) is 0. The number of anilines is 1. The molecule has 3 saturated heterocycles. The number of ether oxygens (including phenoxy) is 1. The average Bonchev–Trinajstić information content (AvgIpc) is 3.34. The molecule has 0 radical (unpaired) electrons. The molecular weight excluding hydrogens is 397 g/mol. The molecule has 168 valence electrons. The monoisotopic (exact) mass is 429 g/mol. The normalized spacial score (nSPS) is 29.5. The molecule has 4 fully saturated rings. The fourth-order valence-corrected chi connectivity index (χ4v) is 5.68. The number of benzene rings is 1. The summed E-state index contributed by atoms with van der Waals surface area (Å²) >= 11 is 0. The van der Waals surface area contributed by atoms with E-state index in [1.54, 1.807) is 11.0 Å². The topological polar surface area (TPSA) is 53.1 Å². The van der Waals surface area contributed by atoms with E-state index in [1.807, 2.05) is 26.0 Å². The SMILES string of the molecule is CN1CCN(c2ccc(C3(C(=O)N4CCC5(C4)OC(=O)CC5(C)C)CC3)c(F)c2)CC1. The van der Waals surface area contributed by atoms with Crippen LogP contribution < -0.4 is 4.90 Å². The lowest BCUT2D eigenvalue weighted by molar-refractivity contribution is -0.151. The van der Waals surface area contributed by atoms with E-state index in [0.29, 0.717) is 44.3 Å². The van der Waals surface area contributed by atoms with Gasteiger partial charge >= 0.3 is 5.97 Å². The van der Waals surface area contributed by atoms with Crippen LogP contribution in [0.2, 0.25) is 0 Å². The second kappa shape index (κ2) is 6.92. The molecule has 0 bridgehead atoms. The molecule has 1 spiro atoms. The third-order valence-electron chi connectivity index (χ3n) is 8.14. The summed E-state index contributed by atoms with van der Waals surface area (Å²) in [4.78, 5) is 31.8. The predicted molar refractivity (Wildman–Crippen MR) is 115 cm³/mol. The van der Waals surface area contributed by atoms with Gasteiger partial charge in [0, 0.05) is 55.8 Å². The molecule has 1 atom stereocenters. The minimum atomic E-state index is -0.761. The van der Waals surface area contributed by atoms with Gasteiger partial charge in [-0.2, -0.15) is 0 Å². The summed E-state index contributed by atoms with van der Waals surface area (Å²) < 4.78 is 21.0. The van der Waals surface area contributed by atoms with Gasteiger partial charge in [0.1, 0.15) is 11.4 Å². The lowest BCUT2D eigenvalue weighted by Crippen LogP contribution is -2.47. The Labute approximate surface area is 183 Å². The highest BCUT2D eigenvalue weighted by Gasteiger charge is 2.62. The van der Waals surface area contributed by atoms with Crippen molar-refractivity contribution in [3.63, 3.8) is 0 Å². The summed E-state index contributed by atoms with van der Waals surface area (Å²) in [6, 6.07) is 5.38. The molecule has 7 heteroatoms. The van der Waals surface area contributed by atoms with Crippen molar-refractivity contribution < 1.29 is 18.7 Å². The van der Waals surface area contributed by atoms with Gasteiger partial charge in [-0.25, -0.2) is 4.39 Å². The molecule has 1 aromatic carbocycles. The maximum Gasteiger partial charge on any atom is 0.307 e. The molecule has 1 amide bonds. The van der Waals surface area contributed by atoms with E-state index in [2.05, 4.69) is 16.8 Å². The molecular formula is C24H32FN3O3. The van der Waals surface area contributed by atoms with Crippen LogP contribution in [0.15, 0.2) is 18.2 Å². The minimum absolute atomic E-state index is 0.0191. The van der Waals surface area contributed by atoms with Gasteiger partial charge in [0.15, 0.2) is 0 Å². The molecule has 31 heavy (non-hydrogen) atoms. The summed E-state index contributed by atoms with van der Waals surface area (Å²) in [7, 11) is 2.10. The maximum atomic E-state index is 15.3. The van der Waals surface area contributed by atoms with Crippen molar-refractivity contribution in [3.8, 4) is 0 Å². The van der Waals surface area contributed by atoms with E-state index in [9.17, 15) is 9.59 Å². The Morgan fingerprint density at radius 2 is 1.77 bits per heavy atom. The van der Waals surface area contributed by atoms with Crippen molar-refractivity contribution in [2.24, 2.45) is 5.41 Å². The van der Waals surface area contributed by atoms with Gasteiger partial charge < -0.3 is 19.4 Å². The van der Waals surface area contributed by atoms with Gasteiger partial charge in [0.25, 0.3) is 0 Å². The van der Waals surface area contributed by atoms with Crippen LogP contribution in [0.5, 0.6) is 0 Å². The number of piperazine rings is 1. The first-order valence-corrected chi connectivity index (χ1v) is 11.4. The number of nitrogens with zero attached hydrogens (tertiary/aromatic N) is 3. The zero-order valence-electron chi connectivity index (χ0n) is 18.7. The highest BCUT2D eigenvalue weighted by molar-refractivity contribution is 5.92. The lowest BCUT2D eigenvalue weighted by atomic mass is 9.74. The molecule has 1 aliphatic carbocycles. The maximum absolute atomic E-state index is 15.3. The minimum Gasteiger partial charge on any atom is -0.456 e. The molecule has 1 unspecified atom stereocenters. The van der Waals surface area contributed by atoms with Crippen LogP contribution in [0.1, 0.15) is 45.1 Å². The van der Waals surface area contributed by atoms with Crippen LogP contribution in [0.25, 0.3) is 0 Å². The molecule has 0 N–H and O–H groups in total. The van der Waals surface area contributed by atoms with Gasteiger partial charge in [-0.05, 0) is 32.0 Å². The molecule has 3 heterocycles. The summed E-state index contributed by atoms with van der Waals surface area (Å²) in [5.41, 5.74) is -0.273. The van der Waals surface area contributed by atoms with Gasteiger partial charge in [0.2, 0.25) is 5.91 Å². The summed E-state index contributed by atoms with van der Waals surface area (Å²) in [6.45, 7) is 8.72. The average molecular weight is 430 g/mol. The zero-order valence-corrected chi connectivity index (χ0v) is 18.7. The van der Waals surface area contributed by atoms with E-state index in [-0.39, 0.29) is 23.1 Å². The Morgan fingerprint density at radius 1 is 1.06 bits per heavy atom. The number of carbonyl (C=O) groups is 2. The molecule has 4 aliphatic rings. The first kappa shape index (κ1) is 20.7. The van der Waals surface area contributed by atoms with Crippen LogP contribution in [0.4, 0.5) is 10.1 Å². The lowest BCUT2D eigenvalue weighted by Gasteiger charge is -2.35. The summed E-state index contributed by atoms with van der Waals surface area (Å²) in [5.74, 6) is -0.496. The Balaban J connectivity index is 1.34. The largest absolute Gasteiger partial charge is 0.456 e.